The molecule has 2 aliphatic heterocycles. The van der Waals surface area contributed by atoms with Crippen molar-refractivity contribution < 1.29 is 19.1 Å². The number of hydrogen-bond donors (Lipinski definition) is 0. The number of aryl methyl sites for hydroxylation is 2. The number of amides is 4. The first-order chi connectivity index (χ1) is 11.9. The molecule has 3 rings (SSSR count). The summed E-state index contributed by atoms with van der Waals surface area (Å²) < 4.78 is 6.13. The van der Waals surface area contributed by atoms with Crippen molar-refractivity contribution in [2.24, 2.45) is 0 Å². The Kier molecular flexibility index (Phi) is 4.76. The lowest BCUT2D eigenvalue weighted by molar-refractivity contribution is -0.143. The van der Waals surface area contributed by atoms with Gasteiger partial charge in [0, 0.05) is 20.1 Å². The van der Waals surface area contributed by atoms with Crippen molar-refractivity contribution in [1.29, 1.82) is 0 Å². The molecule has 2 fully saturated rings. The van der Waals surface area contributed by atoms with Gasteiger partial charge in [-0.15, -0.1) is 0 Å². The lowest BCUT2D eigenvalue weighted by atomic mass is 10.1. The van der Waals surface area contributed by atoms with Gasteiger partial charge in [0.25, 0.3) is 0 Å². The number of nitrogens with zero attached hydrogens (tertiary/aromatic N) is 3. The predicted molar refractivity (Wildman–Crippen MR) is 91.0 cm³/mol. The number of likely N-dealkylation sites (N-methyl/N-ethyl adjacent to an activating group) is 1. The Hall–Kier alpha value is -2.41. The molecule has 0 bridgehead atoms. The molecular formula is C18H23N3O4. The third kappa shape index (κ3) is 3.51. The smallest absolute Gasteiger partial charge is 0.335 e. The third-order valence-corrected chi connectivity index (χ3v) is 4.76. The van der Waals surface area contributed by atoms with E-state index in [-0.39, 0.29) is 12.8 Å². The maximum atomic E-state index is 11.9. The second-order valence-electron chi connectivity index (χ2n) is 6.73. The fourth-order valence-electron chi connectivity index (χ4n) is 3.12. The van der Waals surface area contributed by atoms with Gasteiger partial charge in [-0.25, -0.2) is 9.69 Å². The van der Waals surface area contributed by atoms with E-state index in [1.165, 1.54) is 7.05 Å². The molecule has 0 N–H and O–H groups in total. The first kappa shape index (κ1) is 17.4. The Balaban J connectivity index is 1.54. The molecule has 0 aromatic heterocycles. The van der Waals surface area contributed by atoms with Crippen molar-refractivity contribution >= 4 is 17.8 Å². The second-order valence-corrected chi connectivity index (χ2v) is 6.73. The Bertz CT molecular complexity index is 710. The van der Waals surface area contributed by atoms with E-state index in [0.717, 1.165) is 39.5 Å². The van der Waals surface area contributed by atoms with Crippen LogP contribution in [0, 0.1) is 13.8 Å². The normalized spacial score (nSPS) is 19.9. The highest BCUT2D eigenvalue weighted by Crippen LogP contribution is 2.24. The molecule has 7 nitrogen and oxygen atoms in total. The molecule has 0 spiro atoms. The summed E-state index contributed by atoms with van der Waals surface area (Å²) in [7, 11) is 1.33. The SMILES string of the molecule is Cc1ccc(C)c(OC2CCN(CN3C(=O)C(=O)N(C)C3=O)CC2)c1. The Morgan fingerprint density at radius 1 is 1.08 bits per heavy atom. The molecule has 25 heavy (non-hydrogen) atoms. The molecular weight excluding hydrogens is 322 g/mol. The van der Waals surface area contributed by atoms with Gasteiger partial charge >= 0.3 is 17.8 Å². The first-order valence-corrected chi connectivity index (χ1v) is 8.46. The zero-order valence-corrected chi connectivity index (χ0v) is 14.8. The molecule has 2 saturated heterocycles. The van der Waals surface area contributed by atoms with Crippen molar-refractivity contribution in [3.8, 4) is 5.75 Å². The molecule has 1 aromatic rings. The lowest BCUT2D eigenvalue weighted by Gasteiger charge is -2.33. The van der Waals surface area contributed by atoms with Crippen LogP contribution in [0.4, 0.5) is 4.79 Å². The van der Waals surface area contributed by atoms with Crippen molar-refractivity contribution in [1.82, 2.24) is 14.7 Å². The average Bonchev–Trinajstić information content (AvgIpc) is 2.77. The monoisotopic (exact) mass is 345 g/mol. The summed E-state index contributed by atoms with van der Waals surface area (Å²) in [5, 5.41) is 0. The number of carbonyl (C=O) groups is 3. The van der Waals surface area contributed by atoms with Crippen LogP contribution in [0.2, 0.25) is 0 Å². The van der Waals surface area contributed by atoms with E-state index in [4.69, 9.17) is 4.74 Å². The van der Waals surface area contributed by atoms with E-state index < -0.39 is 17.8 Å². The van der Waals surface area contributed by atoms with Gasteiger partial charge in [0.05, 0.1) is 6.67 Å². The van der Waals surface area contributed by atoms with Gasteiger partial charge < -0.3 is 4.74 Å². The van der Waals surface area contributed by atoms with Crippen LogP contribution in [-0.2, 0) is 9.59 Å². The van der Waals surface area contributed by atoms with Crippen molar-refractivity contribution in [2.45, 2.75) is 32.8 Å². The minimum absolute atomic E-state index is 0.117. The van der Waals surface area contributed by atoms with Gasteiger partial charge in [-0.2, -0.15) is 0 Å². The minimum Gasteiger partial charge on any atom is -0.490 e. The van der Waals surface area contributed by atoms with Gasteiger partial charge in [-0.3, -0.25) is 19.4 Å². The van der Waals surface area contributed by atoms with Crippen LogP contribution in [0.5, 0.6) is 5.75 Å². The number of imide groups is 2. The number of hydrogen-bond acceptors (Lipinski definition) is 5. The number of ether oxygens (including phenoxy) is 1. The molecule has 0 aliphatic carbocycles. The highest BCUT2D eigenvalue weighted by Gasteiger charge is 2.43. The van der Waals surface area contributed by atoms with Gasteiger partial charge in [0.15, 0.2) is 0 Å². The quantitative estimate of drug-likeness (QED) is 0.611. The van der Waals surface area contributed by atoms with Gasteiger partial charge in [0.1, 0.15) is 11.9 Å². The maximum Gasteiger partial charge on any atom is 0.335 e. The van der Waals surface area contributed by atoms with Crippen LogP contribution in [0.1, 0.15) is 24.0 Å². The zero-order valence-electron chi connectivity index (χ0n) is 14.8. The largest absolute Gasteiger partial charge is 0.490 e. The highest BCUT2D eigenvalue weighted by atomic mass is 16.5. The Morgan fingerprint density at radius 2 is 1.76 bits per heavy atom. The van der Waals surface area contributed by atoms with E-state index in [1.54, 1.807) is 0 Å². The van der Waals surface area contributed by atoms with E-state index in [1.807, 2.05) is 24.8 Å². The Morgan fingerprint density at radius 3 is 2.36 bits per heavy atom. The maximum absolute atomic E-state index is 11.9. The van der Waals surface area contributed by atoms with Crippen molar-refractivity contribution in [2.75, 3.05) is 26.8 Å². The number of urea groups is 1. The van der Waals surface area contributed by atoms with Crippen LogP contribution < -0.4 is 4.74 Å². The lowest BCUT2D eigenvalue weighted by Crippen LogP contribution is -2.46. The average molecular weight is 345 g/mol. The molecule has 2 aliphatic rings. The first-order valence-electron chi connectivity index (χ1n) is 8.46. The van der Waals surface area contributed by atoms with E-state index in [2.05, 4.69) is 12.1 Å². The fourth-order valence-corrected chi connectivity index (χ4v) is 3.12. The van der Waals surface area contributed by atoms with Gasteiger partial charge in [-0.1, -0.05) is 12.1 Å². The van der Waals surface area contributed by atoms with Crippen molar-refractivity contribution in [3.05, 3.63) is 29.3 Å². The molecule has 7 heteroatoms. The zero-order chi connectivity index (χ0) is 18.1. The van der Waals surface area contributed by atoms with Crippen LogP contribution in [0.3, 0.4) is 0 Å². The standard InChI is InChI=1S/C18H23N3O4/c1-12-4-5-13(2)15(10-12)25-14-6-8-20(9-7-14)11-21-17(23)16(22)19(3)18(21)24/h4-5,10,14H,6-9,11H2,1-3H3. The predicted octanol–water partition coefficient (Wildman–Crippen LogP) is 1.52. The number of carbonyl (C=O) groups excluding carboxylic acids is 3. The molecule has 0 atom stereocenters. The molecule has 0 unspecified atom stereocenters. The molecule has 1 aromatic carbocycles. The number of piperidine rings is 1. The van der Waals surface area contributed by atoms with E-state index in [9.17, 15) is 14.4 Å². The van der Waals surface area contributed by atoms with Crippen LogP contribution in [-0.4, -0.2) is 65.5 Å². The summed E-state index contributed by atoms with van der Waals surface area (Å²) >= 11 is 0. The van der Waals surface area contributed by atoms with Gasteiger partial charge in [-0.05, 0) is 43.9 Å². The summed E-state index contributed by atoms with van der Waals surface area (Å²) in [6, 6.07) is 5.61. The summed E-state index contributed by atoms with van der Waals surface area (Å²) in [6.45, 7) is 5.65. The minimum atomic E-state index is -0.766. The third-order valence-electron chi connectivity index (χ3n) is 4.76. The number of likely N-dealkylation sites (tertiary alicyclic amines) is 1. The van der Waals surface area contributed by atoms with Crippen molar-refractivity contribution in [3.63, 3.8) is 0 Å². The number of benzene rings is 1. The highest BCUT2D eigenvalue weighted by molar-refractivity contribution is 6.44. The van der Waals surface area contributed by atoms with E-state index in [0.29, 0.717) is 13.1 Å². The summed E-state index contributed by atoms with van der Waals surface area (Å²) in [6.07, 6.45) is 1.74. The molecule has 2 heterocycles. The molecule has 134 valence electrons. The fraction of sp³-hybridized carbons (Fsp3) is 0.500. The summed E-state index contributed by atoms with van der Waals surface area (Å²) in [4.78, 5) is 39.2. The second kappa shape index (κ2) is 6.84. The summed E-state index contributed by atoms with van der Waals surface area (Å²) in [5.41, 5.74) is 2.28. The Labute approximate surface area is 147 Å². The topological polar surface area (TPSA) is 70.2 Å². The van der Waals surface area contributed by atoms with Gasteiger partial charge in [0.2, 0.25) is 0 Å². The van der Waals surface area contributed by atoms with E-state index >= 15 is 0 Å². The van der Waals surface area contributed by atoms with Crippen LogP contribution in [0.25, 0.3) is 0 Å². The molecule has 0 radical (unpaired) electrons. The van der Waals surface area contributed by atoms with Crippen LogP contribution in [0.15, 0.2) is 18.2 Å². The van der Waals surface area contributed by atoms with Crippen LogP contribution >= 0.6 is 0 Å². The molecule has 0 saturated carbocycles. The number of rotatable bonds is 4. The molecule has 4 amide bonds. The summed E-state index contributed by atoms with van der Waals surface area (Å²) in [5.74, 6) is -0.602.